The van der Waals surface area contributed by atoms with E-state index < -0.39 is 47.1 Å². The molecule has 0 aromatic heterocycles. The fourth-order valence-corrected chi connectivity index (χ4v) is 11.1. The Labute approximate surface area is 540 Å². The number of phenolic OH excluding ortho intramolecular Hbond substituents is 2. The van der Waals surface area contributed by atoms with E-state index in [1.807, 2.05) is 0 Å². The molecular weight excluding hydrogens is 1200 g/mol. The maximum Gasteiger partial charge on any atom is 0.240 e. The van der Waals surface area contributed by atoms with Gasteiger partial charge in [0, 0.05) is 141 Å². The van der Waals surface area contributed by atoms with Gasteiger partial charge in [-0.15, -0.1) is 0 Å². The van der Waals surface area contributed by atoms with Crippen LogP contribution in [0.5, 0.6) is 11.5 Å². The zero-order valence-electron chi connectivity index (χ0n) is 52.0. The quantitative estimate of drug-likeness (QED) is 0.0286. The number of unbranched alkanes of at least 4 members (excludes halogenated alkanes) is 6. The number of ketones is 2. The number of thiol groups is 2. The molecule has 90 heavy (non-hydrogen) atoms. The Balaban J connectivity index is 1.25. The summed E-state index contributed by atoms with van der Waals surface area (Å²) in [4.78, 5) is 129. The van der Waals surface area contributed by atoms with Crippen LogP contribution >= 0.6 is 25.3 Å². The summed E-state index contributed by atoms with van der Waals surface area (Å²) in [5, 5.41) is 58.2. The van der Waals surface area contributed by atoms with E-state index in [1.165, 1.54) is 24.3 Å². The van der Waals surface area contributed by atoms with Gasteiger partial charge in [0.2, 0.25) is 47.3 Å². The number of amides is 8. The molecule has 0 spiro atoms. The zero-order chi connectivity index (χ0) is 65.6. The van der Waals surface area contributed by atoms with E-state index in [2.05, 4.69) is 89.1 Å². The lowest BCUT2D eigenvalue weighted by atomic mass is 9.96. The number of phenols is 2. The first-order chi connectivity index (χ1) is 43.2. The predicted octanol–water partition coefficient (Wildman–Crippen LogP) is -0.913. The van der Waals surface area contributed by atoms with Crippen molar-refractivity contribution in [2.75, 3.05) is 90.0 Å². The first-order valence-electron chi connectivity index (χ1n) is 31.7. The fourth-order valence-electron chi connectivity index (χ4n) is 10.6. The highest BCUT2D eigenvalue weighted by molar-refractivity contribution is 7.80. The summed E-state index contributed by atoms with van der Waals surface area (Å²) in [7, 11) is 0. The van der Waals surface area contributed by atoms with Crippen LogP contribution in [0.1, 0.15) is 127 Å². The van der Waals surface area contributed by atoms with Gasteiger partial charge in [-0.2, -0.15) is 25.3 Å². The van der Waals surface area contributed by atoms with Crippen molar-refractivity contribution in [1.29, 1.82) is 0 Å². The highest BCUT2D eigenvalue weighted by Gasteiger charge is 2.35. The minimum atomic E-state index is -0.840. The minimum Gasteiger partial charge on any atom is -0.508 e. The van der Waals surface area contributed by atoms with Crippen LogP contribution in [-0.4, -0.2) is 194 Å². The monoisotopic (exact) mass is 1300 g/mol. The number of nitrogens with two attached hydrogens (primary N) is 2. The van der Waals surface area contributed by atoms with Crippen LogP contribution in [0.25, 0.3) is 0 Å². The van der Waals surface area contributed by atoms with E-state index in [9.17, 15) is 58.2 Å². The van der Waals surface area contributed by atoms with Gasteiger partial charge in [-0.25, -0.2) is 0 Å². The minimum absolute atomic E-state index is 0.00740. The predicted molar refractivity (Wildman–Crippen MR) is 350 cm³/mol. The molecule has 3 heterocycles. The van der Waals surface area contributed by atoms with Crippen LogP contribution in [0.4, 0.5) is 0 Å². The molecule has 502 valence electrons. The van der Waals surface area contributed by atoms with Crippen LogP contribution < -0.4 is 75.3 Å². The number of fused-ring (bicyclic) bond motifs is 15. The molecular formula is C62H100N14O12S2. The molecule has 18 N–H and O–H groups in total. The molecule has 3 fully saturated rings. The van der Waals surface area contributed by atoms with Crippen molar-refractivity contribution in [1.82, 2.24) is 63.8 Å². The average Bonchev–Trinajstić information content (AvgIpc) is 3.67. The van der Waals surface area contributed by atoms with Crippen LogP contribution in [0, 0.1) is 0 Å². The number of carbonyl (C=O) groups is 10. The van der Waals surface area contributed by atoms with Crippen LogP contribution in [-0.2, 0) is 60.8 Å². The van der Waals surface area contributed by atoms with Crippen molar-refractivity contribution >= 4 is 84.1 Å². The Kier molecular flexibility index (Phi) is 36.0. The second kappa shape index (κ2) is 42.6. The molecule has 2 aromatic rings. The van der Waals surface area contributed by atoms with Gasteiger partial charge in [0.25, 0.3) is 0 Å². The molecule has 0 unspecified atom stereocenters. The van der Waals surface area contributed by atoms with Crippen molar-refractivity contribution in [3.8, 4) is 11.5 Å². The molecule has 8 amide bonds. The van der Waals surface area contributed by atoms with Gasteiger partial charge in [0.15, 0.2) is 11.6 Å². The van der Waals surface area contributed by atoms with Crippen molar-refractivity contribution in [2.24, 2.45) is 11.5 Å². The van der Waals surface area contributed by atoms with Gasteiger partial charge in [-0.1, -0.05) is 49.9 Å². The van der Waals surface area contributed by atoms with Crippen molar-refractivity contribution in [3.05, 3.63) is 59.7 Å². The third-order valence-electron chi connectivity index (χ3n) is 15.7. The summed E-state index contributed by atoms with van der Waals surface area (Å²) in [5.41, 5.74) is 10.6. The van der Waals surface area contributed by atoms with Gasteiger partial charge >= 0.3 is 0 Å². The summed E-state index contributed by atoms with van der Waals surface area (Å²) in [6.07, 6.45) is 6.72. The highest BCUT2D eigenvalue weighted by atomic mass is 32.1. The molecule has 28 heteroatoms. The maximum atomic E-state index is 13.8. The molecule has 26 nitrogen and oxygen atoms in total. The molecule has 0 aliphatic carbocycles. The molecule has 0 radical (unpaired) electrons. The fraction of sp³-hybridized carbons (Fsp3) is 0.645. The van der Waals surface area contributed by atoms with E-state index in [1.54, 1.807) is 24.3 Å². The molecule has 3 aliphatic heterocycles. The summed E-state index contributed by atoms with van der Waals surface area (Å²) < 4.78 is 0. The Bertz CT molecular complexity index is 2370. The standard InChI is InChI=1S/C62H100N14O12S2/c63-59(87)49(35-89)73-53(81)13-7-3-1-5-11-51(79)47(33-43-19-23-45(77)24-20-43)71-55(83)15-9-17-57(85)75-61-37-65-27-30-68-40-62(41-69-31-28-66-38-61,42-70-32-29-67-39-61)76-58(86)18-10-16-56(84)72-48(34-44-21-25-46(78)26-22-44)52(80)12-6-2-4-8-14-54(82)74-50(36-90)60(64)88/h19-26,47-50,65-70,77-78,89-90H,1-18,27-42H2,(H2,63,87)(H2,64,88)(H,71,83)(H,72,84)(H,73,81)(H,74,82)(H,75,85)(H,76,86)/t47-,48-,49-,50+,61?,62?/m0/s1. The van der Waals surface area contributed by atoms with Gasteiger partial charge in [0.1, 0.15) is 23.6 Å². The average molecular weight is 1300 g/mol. The number of hydrogen-bond acceptors (Lipinski definition) is 20. The van der Waals surface area contributed by atoms with Gasteiger partial charge in [-0.3, -0.25) is 47.9 Å². The second-order valence-electron chi connectivity index (χ2n) is 23.6. The lowest BCUT2D eigenvalue weighted by Crippen LogP contribution is -2.68. The smallest absolute Gasteiger partial charge is 0.240 e. The van der Waals surface area contributed by atoms with Gasteiger partial charge in [-0.05, 0) is 86.8 Å². The molecule has 4 atom stereocenters. The number of rotatable bonds is 38. The van der Waals surface area contributed by atoms with Crippen LogP contribution in [0.15, 0.2) is 48.5 Å². The number of carbonyl (C=O) groups excluding carboxylic acids is 10. The molecule has 3 aliphatic rings. The van der Waals surface area contributed by atoms with E-state index in [-0.39, 0.29) is 147 Å². The zero-order valence-corrected chi connectivity index (χ0v) is 53.8. The molecule has 3 saturated heterocycles. The Morgan fingerprint density at radius 2 is 0.633 bits per heavy atom. The molecule has 0 saturated carbocycles. The summed E-state index contributed by atoms with van der Waals surface area (Å²) in [6, 6.07) is 9.52. The van der Waals surface area contributed by atoms with E-state index >= 15 is 0 Å². The van der Waals surface area contributed by atoms with Crippen molar-refractivity contribution in [2.45, 2.75) is 164 Å². The molecule has 5 rings (SSSR count). The number of Topliss-reactive ketones (excluding diaryl/α,β-unsaturated/α-hetero) is 2. The van der Waals surface area contributed by atoms with E-state index in [0.29, 0.717) is 130 Å². The Hall–Kier alpha value is -6.40. The van der Waals surface area contributed by atoms with Crippen LogP contribution in [0.3, 0.4) is 0 Å². The largest absolute Gasteiger partial charge is 0.508 e. The van der Waals surface area contributed by atoms with E-state index in [4.69, 9.17) is 11.5 Å². The number of nitrogens with one attached hydrogen (secondary N) is 12. The topological polar surface area (TPSA) is 408 Å². The van der Waals surface area contributed by atoms with Crippen molar-refractivity contribution in [3.63, 3.8) is 0 Å². The van der Waals surface area contributed by atoms with Crippen molar-refractivity contribution < 1.29 is 58.2 Å². The maximum absolute atomic E-state index is 13.8. The number of primary amides is 2. The lowest BCUT2D eigenvalue weighted by molar-refractivity contribution is -0.128. The number of aromatic hydroxyl groups is 2. The summed E-state index contributed by atoms with van der Waals surface area (Å²) in [5.74, 6) is -3.08. The summed E-state index contributed by atoms with van der Waals surface area (Å²) >= 11 is 8.09. The third kappa shape index (κ3) is 31.1. The number of benzene rings is 2. The molecule has 2 bridgehead atoms. The first kappa shape index (κ1) is 76.1. The summed E-state index contributed by atoms with van der Waals surface area (Å²) in [6.45, 7) is 5.68. The molecule has 2 aromatic carbocycles. The third-order valence-corrected chi connectivity index (χ3v) is 16.4. The van der Waals surface area contributed by atoms with Gasteiger partial charge in [0.05, 0.1) is 23.2 Å². The first-order valence-corrected chi connectivity index (χ1v) is 32.9. The SMILES string of the molecule is NC(=O)[C@H](CS)NC(=O)CCCCCCC(=O)[C@H](Cc1ccc(O)cc1)NC(=O)CCCC(=O)NC12CNCCNCC(NC(=O)CCCC(=O)N[C@@H](Cc3ccc(O)cc3)C(=O)CCCCCCC(=O)N[C@H](CS)C(N)=O)(CNCCNC1)CNCCNC2. The Morgan fingerprint density at radius 1 is 0.378 bits per heavy atom. The highest BCUT2D eigenvalue weighted by Crippen LogP contribution is 2.17. The Morgan fingerprint density at radius 3 is 0.911 bits per heavy atom. The lowest BCUT2D eigenvalue weighted by Gasteiger charge is -2.39. The number of hydrogen-bond donors (Lipinski definition) is 18. The normalized spacial score (nSPS) is 18.8. The van der Waals surface area contributed by atoms with Gasteiger partial charge < -0.3 is 85.5 Å². The van der Waals surface area contributed by atoms with E-state index in [0.717, 1.165) is 11.1 Å². The van der Waals surface area contributed by atoms with Crippen LogP contribution in [0.2, 0.25) is 0 Å². The second-order valence-corrected chi connectivity index (χ2v) is 24.3.